The van der Waals surface area contributed by atoms with Gasteiger partial charge in [-0.2, -0.15) is 0 Å². The van der Waals surface area contributed by atoms with Gasteiger partial charge in [0.05, 0.1) is 26.9 Å². The van der Waals surface area contributed by atoms with Crippen molar-refractivity contribution < 1.29 is 127 Å². The Morgan fingerprint density at radius 2 is 0.905 bits per heavy atom. The number of aromatic nitrogens is 16. The summed E-state index contributed by atoms with van der Waals surface area (Å²) in [6.45, 7) is 1.80. The van der Waals surface area contributed by atoms with E-state index >= 15 is 8.78 Å². The number of halogens is 7. The van der Waals surface area contributed by atoms with Crippen LogP contribution in [-0.2, 0) is 88.3 Å². The zero-order chi connectivity index (χ0) is 107. The van der Waals surface area contributed by atoms with Crippen molar-refractivity contribution in [2.45, 2.75) is 121 Å². The fourth-order valence-electron chi connectivity index (χ4n) is 13.5. The first-order valence-electron chi connectivity index (χ1n) is 45.3. The molecule has 44 nitrogen and oxygen atoms in total. The topological polar surface area (TPSA) is 494 Å². The largest absolute Gasteiger partial charge is 0.355 e. The number of carboxylic acids is 1. The Hall–Kier alpha value is -9.92. The molecule has 6 aliphatic rings. The average Bonchev–Trinajstić information content (AvgIpc) is 1.63. The number of hydrogen-bond donors (Lipinski definition) is 3. The predicted molar refractivity (Wildman–Crippen MR) is 536 cm³/mol. The molecule has 4 aromatic carbocycles. The molecule has 4 fully saturated rings. The van der Waals surface area contributed by atoms with Crippen molar-refractivity contribution in [3.8, 4) is 0 Å². The quantitative estimate of drug-likeness (QED) is 0.00632. The Morgan fingerprint density at radius 1 is 0.510 bits per heavy atom. The van der Waals surface area contributed by atoms with Crippen LogP contribution in [0.4, 0.5) is 48.8 Å². The molecule has 147 heavy (non-hydrogen) atoms. The summed E-state index contributed by atoms with van der Waals surface area (Å²) < 4.78 is 224. The van der Waals surface area contributed by atoms with E-state index in [9.17, 15) is 40.3 Å². The average molecular weight is 2400 g/mol. The molecule has 8 aromatic heterocycles. The van der Waals surface area contributed by atoms with Gasteiger partial charge in [-0.05, 0) is 12.2 Å². The van der Waals surface area contributed by atoms with Gasteiger partial charge in [-0.1, -0.05) is 6.08 Å². The number of nitrogen functional groups attached to an aromatic ring is 1. The number of carboxylic acid groups (broad SMARTS) is 1. The first-order valence-corrected chi connectivity index (χ1v) is 56.8. The second-order valence-corrected chi connectivity index (χ2v) is 47.5. The van der Waals surface area contributed by atoms with Gasteiger partial charge in [-0.25, -0.2) is 48.5 Å². The second kappa shape index (κ2) is 56.3. The molecular weight excluding hydrogens is 2290 g/mol. The number of ether oxygens (including phenoxy) is 9. The number of rotatable bonds is 35. The minimum Gasteiger partial charge on any atom is -0.345 e. The third-order valence-corrected chi connectivity index (χ3v) is 35.3. The maximum Gasteiger partial charge on any atom is 0.355 e. The van der Waals surface area contributed by atoms with Gasteiger partial charge in [0, 0.05) is 28.3 Å². The van der Waals surface area contributed by atoms with Crippen LogP contribution in [0.1, 0.15) is 41.5 Å². The van der Waals surface area contributed by atoms with Crippen molar-refractivity contribution in [2.24, 2.45) is 15.0 Å². The molecule has 18 rings (SSSR count). The number of fused-ring (bicyclic) bond motifs is 4. The molecule has 0 amide bonds. The maximum absolute atomic E-state index is 16.1. The number of aliphatic carboxylic acids is 1. The second-order valence-electron chi connectivity index (χ2n) is 31.4. The smallest absolute Gasteiger partial charge is 0.345 e. The molecule has 0 aliphatic carbocycles. The Balaban J connectivity index is 0.000000160. The van der Waals surface area contributed by atoms with Crippen LogP contribution in [0.3, 0.4) is 0 Å². The van der Waals surface area contributed by atoms with Crippen LogP contribution in [0.15, 0.2) is 211 Å². The van der Waals surface area contributed by atoms with Crippen LogP contribution >= 0.6 is 34.4 Å². The fraction of sp³-hybridized carbons (Fsp3) is 0.416. The summed E-state index contributed by atoms with van der Waals surface area (Å²) in [6, 6.07) is 38.0. The summed E-state index contributed by atoms with van der Waals surface area (Å²) in [7, 11) is 6.13. The zero-order valence-electron chi connectivity index (χ0n) is 82.5. The molecule has 4 N–H and O–H groups in total. The van der Waals surface area contributed by atoms with Crippen molar-refractivity contribution in [1.29, 1.82) is 0 Å². The van der Waals surface area contributed by atoms with E-state index in [2.05, 4.69) is 83.8 Å². The summed E-state index contributed by atoms with van der Waals surface area (Å²) in [5.74, 6) is -0.126. The van der Waals surface area contributed by atoms with Crippen molar-refractivity contribution >= 4 is 205 Å². The van der Waals surface area contributed by atoms with Gasteiger partial charge in [0.25, 0.3) is 0 Å². The predicted octanol–water partition coefficient (Wildman–Crippen LogP) is 10.3. The number of benzene rings is 4. The van der Waals surface area contributed by atoms with Crippen molar-refractivity contribution in [3.05, 3.63) is 196 Å². The van der Waals surface area contributed by atoms with E-state index in [-0.39, 0.29) is 94.1 Å². The van der Waals surface area contributed by atoms with E-state index in [4.69, 9.17) is 85.9 Å². The van der Waals surface area contributed by atoms with Crippen LogP contribution < -0.4 is 23.6 Å². The molecule has 0 unspecified atom stereocenters. The van der Waals surface area contributed by atoms with E-state index in [1.165, 1.54) is 111 Å². The van der Waals surface area contributed by atoms with Gasteiger partial charge < -0.3 is 48.8 Å². The van der Waals surface area contributed by atoms with E-state index in [1.54, 1.807) is 70.3 Å². The van der Waals surface area contributed by atoms with E-state index in [1.807, 2.05) is 151 Å². The van der Waals surface area contributed by atoms with Crippen LogP contribution in [0.5, 0.6) is 0 Å². The standard InChI is InChI=1S/C23H30FN6O5PSe.C18H18ClFN6OSe.C13H18FO5PSe.C12H13FN6O.C10H10FN5O4.C7H13O5P.C6H5FSe/c1-5-33-36(31,34-6-2)15-32-23-19(37-16-10-8-7-9-11-16)17(24)22(35-23)30-14-27-18-20(28-13-29(3)4)25-12-26-21(18)30;1-25(2)9-24-16-13-17(22-8-21-16)26(10-23-13)18-12(20)14(15(19)27-18)28-11-6-4-3-5-7-11;1-16-20(15,17-2)9-19-13-12(11(14)8-18-13)21-10-6-4-3-5-7-10;1-18(2)6-17-10-9-11(15-5-14-10)19(7-16-9)12-8(13)3-4-20-12;11-3-5(17)6(10(18)19)20-9(3)16-2-15-4-7(12)13-1-14-8(4)16;1-9-13(8,10-2)6-12-7-4-3-5-11-7;7-8-6-4-2-1-3-5-6/h7-14,17,19,22-23H,5-6,15H2,1-4H3;3-10,12,14-15,18H,1-2H3;3-7,11-13H,8-9H2,1-2H3;3-8,12H,1-2H3;1-3,5-6,9,17H,(H,18,19)(H2,12,13,14);3-4,7H,5-6H2,1-2H3;1-5H/t17-,19-,22+,23-;12-,14-,15-,18+;11-,12+,13-;8-,12+;3-,5-,6-,9+;7-;/m001001./s1/i;;8T;;;5T;/t;;8-,11+,12-,13+;;;5-,7+;/m..0..0.. The number of imidazole rings is 4. The number of carbonyl (C=O) groups is 1. The van der Waals surface area contributed by atoms with Crippen LogP contribution in [0, 0.1) is 0 Å². The van der Waals surface area contributed by atoms with Gasteiger partial charge in [0.1, 0.15) is 30.6 Å². The molecule has 6 aliphatic heterocycles. The molecule has 14 heterocycles. The Bertz CT molecular complexity index is 6570. The van der Waals surface area contributed by atoms with Gasteiger partial charge in [-0.3, -0.25) is 13.7 Å². The SMILES string of the molecule is CCOP(=O)(CO[C@H]1O[C@@H](n2cnc3c(N=CN(C)C)ncnc32)[C@@H](F)[C@@H]1[Se]c1ccccc1)OCC.CN(C)C=Nc1ncnc2c1ncn2[C@@H]1OC=C[C@@H]1F.CN(C)C=Nc1ncnc2c1ncn2[C@@H]1O[C@H](Cl)[C@@H]([Se]c2ccccc2)[C@@H]1F.F[Se]c1ccccc1.Nc1ncnc2c1ncn2[C@@H]1O[C@H](C(=O)O)[C@@H](O)[C@@H]1F.[3H][C@@H]1O[C@H](OCP(=O)(OC)OC)[C@@H]([Se]c2ccccc2)[C@@H]1F.[3H][C@H]1C=C[C@@H](OCP(=O)(OC)OC)O1. The zero-order valence-corrected chi connectivity index (χ0v) is 90.8. The molecule has 0 radical (unpaired) electrons. The van der Waals surface area contributed by atoms with Gasteiger partial charge in [0.2, 0.25) is 6.23 Å². The van der Waals surface area contributed by atoms with Crippen molar-refractivity contribution in [3.63, 3.8) is 0 Å². The number of hydrogen-bond acceptors (Lipinski definition) is 36. The van der Waals surface area contributed by atoms with Gasteiger partial charge >= 0.3 is 592 Å². The number of nitrogens with zero attached hydrogens (tertiary/aromatic N) is 22. The van der Waals surface area contributed by atoms with Gasteiger partial charge in [-0.15, -0.1) is 0 Å². The fourth-order valence-corrected chi connectivity index (χ4v) is 24.2. The first kappa shape index (κ1) is 113. The molecular formula is C89H107ClF6N23O21P3Se4. The Morgan fingerprint density at radius 3 is 1.31 bits per heavy atom. The summed E-state index contributed by atoms with van der Waals surface area (Å²) in [4.78, 5) is 77.0. The van der Waals surface area contributed by atoms with Crippen LogP contribution in [0.2, 0.25) is 14.4 Å². The summed E-state index contributed by atoms with van der Waals surface area (Å²) >= 11 is 4.74. The molecule has 20 atom stereocenters. The summed E-state index contributed by atoms with van der Waals surface area (Å²) in [5, 5.41) is 18.4. The van der Waals surface area contributed by atoms with E-state index < -0.39 is 164 Å². The van der Waals surface area contributed by atoms with Crippen molar-refractivity contribution in [1.82, 2.24) is 92.8 Å². The molecule has 4 saturated heterocycles. The van der Waals surface area contributed by atoms with E-state index in [0.717, 1.165) is 17.8 Å². The number of anilines is 1. The number of aliphatic hydroxyl groups is 1. The Kier molecular flexibility index (Phi) is 43.1. The van der Waals surface area contributed by atoms with Crippen LogP contribution in [-0.4, -0.2) is 372 Å². The maximum atomic E-state index is 16.1. The molecule has 0 spiro atoms. The Labute approximate surface area is 873 Å². The number of nitrogens with two attached hydrogens (primary N) is 1. The van der Waals surface area contributed by atoms with E-state index in [0.29, 0.717) is 50.9 Å². The first-order chi connectivity index (χ1) is 71.6. The minimum absolute atomic E-state index is 0.109. The molecule has 0 saturated carbocycles. The molecule has 792 valence electrons. The molecule has 12 aromatic rings. The monoisotopic (exact) mass is 2400 g/mol. The van der Waals surface area contributed by atoms with Crippen molar-refractivity contribution in [2.75, 3.05) is 122 Å². The number of aliphatic hydroxyl groups excluding tert-OH is 1. The summed E-state index contributed by atoms with van der Waals surface area (Å²) in [5.41, 5.74) is 8.08. The molecule has 0 bridgehead atoms. The molecule has 58 heteroatoms. The third-order valence-electron chi connectivity index (χ3n) is 20.5. The van der Waals surface area contributed by atoms with Crippen LogP contribution in [0.25, 0.3) is 44.7 Å². The van der Waals surface area contributed by atoms with Gasteiger partial charge in [0.15, 0.2) is 65.8 Å². The number of alkyl halides is 6. The third kappa shape index (κ3) is 31.4. The summed E-state index contributed by atoms with van der Waals surface area (Å²) in [6.07, 6.45) is 3.33. The number of aliphatic imine (C=N–C) groups is 3. The minimum atomic E-state index is -3.52. The normalized spacial score (nSPS) is 24.8.